The quantitative estimate of drug-likeness (QED) is 0.532. The Morgan fingerprint density at radius 1 is 1.09 bits per heavy atom. The van der Waals surface area contributed by atoms with E-state index in [1.54, 1.807) is 20.3 Å². The van der Waals surface area contributed by atoms with E-state index >= 15 is 0 Å². The van der Waals surface area contributed by atoms with Crippen LogP contribution in [0.5, 0.6) is 11.5 Å². The van der Waals surface area contributed by atoms with Gasteiger partial charge in [0.25, 0.3) is 0 Å². The van der Waals surface area contributed by atoms with E-state index in [0.29, 0.717) is 23.7 Å². The van der Waals surface area contributed by atoms with Gasteiger partial charge in [-0.25, -0.2) is 4.99 Å². The lowest BCUT2D eigenvalue weighted by atomic mass is 9.83. The number of carbonyl (C=O) groups is 1. The summed E-state index contributed by atoms with van der Waals surface area (Å²) >= 11 is 0. The van der Waals surface area contributed by atoms with Crippen molar-refractivity contribution in [2.24, 2.45) is 4.99 Å². The lowest BCUT2D eigenvalue weighted by Crippen LogP contribution is -2.19. The Kier molecular flexibility index (Phi) is 6.07. The number of allylic oxidation sites excluding steroid dienone is 2. The molecule has 4 rings (SSSR count). The Labute approximate surface area is 186 Å². The minimum absolute atomic E-state index is 0.0262. The summed E-state index contributed by atoms with van der Waals surface area (Å²) in [6, 6.07) is 15.3. The number of methoxy groups -OCH3 is 2. The third-order valence-corrected chi connectivity index (χ3v) is 5.67. The van der Waals surface area contributed by atoms with Gasteiger partial charge in [0.1, 0.15) is 5.76 Å². The van der Waals surface area contributed by atoms with Crippen molar-refractivity contribution < 1.29 is 19.4 Å². The molecule has 0 bridgehead atoms. The van der Waals surface area contributed by atoms with Crippen LogP contribution >= 0.6 is 0 Å². The van der Waals surface area contributed by atoms with Gasteiger partial charge in [-0.15, -0.1) is 0 Å². The molecule has 0 saturated heterocycles. The summed E-state index contributed by atoms with van der Waals surface area (Å²) in [5.74, 6) is 1.41. The maximum absolute atomic E-state index is 12.9. The smallest absolute Gasteiger partial charge is 0.181 e. The second kappa shape index (κ2) is 9.09. The van der Waals surface area contributed by atoms with Crippen molar-refractivity contribution in [1.82, 2.24) is 10.2 Å². The molecule has 1 heterocycles. The minimum Gasteiger partial charge on any atom is -0.511 e. The number of hydrogen-bond acceptors (Lipinski definition) is 6. The van der Waals surface area contributed by atoms with Crippen molar-refractivity contribution in [2.75, 3.05) is 14.2 Å². The van der Waals surface area contributed by atoms with E-state index in [4.69, 9.17) is 9.47 Å². The molecular formula is C25H25N3O4. The van der Waals surface area contributed by atoms with Gasteiger partial charge < -0.3 is 14.6 Å². The van der Waals surface area contributed by atoms with Gasteiger partial charge in [0.2, 0.25) is 0 Å². The third kappa shape index (κ3) is 4.14. The highest BCUT2D eigenvalue weighted by molar-refractivity contribution is 6.15. The number of ether oxygens (including phenoxy) is 2. The van der Waals surface area contributed by atoms with Gasteiger partial charge in [-0.1, -0.05) is 36.4 Å². The van der Waals surface area contributed by atoms with Crippen molar-refractivity contribution >= 4 is 17.8 Å². The number of H-pyrrole nitrogens is 1. The van der Waals surface area contributed by atoms with E-state index < -0.39 is 0 Å². The molecule has 2 aromatic carbocycles. The van der Waals surface area contributed by atoms with E-state index in [1.165, 1.54) is 6.21 Å². The van der Waals surface area contributed by atoms with Gasteiger partial charge in [0.15, 0.2) is 23.1 Å². The number of benzene rings is 2. The Balaban J connectivity index is 1.59. The molecule has 0 amide bonds. The van der Waals surface area contributed by atoms with Crippen LogP contribution in [0.1, 0.15) is 30.0 Å². The van der Waals surface area contributed by atoms with Crippen molar-refractivity contribution in [3.63, 3.8) is 0 Å². The SMILES string of the molecule is COc1ccc(C2CC(=O)C(C=Nc3n[nH]c(C)c3-c3ccccc3)=C(O)C2)cc1OC. The molecule has 7 nitrogen and oxygen atoms in total. The highest BCUT2D eigenvalue weighted by atomic mass is 16.5. The summed E-state index contributed by atoms with van der Waals surface area (Å²) in [4.78, 5) is 17.3. The zero-order chi connectivity index (χ0) is 22.7. The van der Waals surface area contributed by atoms with E-state index in [0.717, 1.165) is 22.4 Å². The first-order chi connectivity index (χ1) is 15.5. The molecule has 1 aliphatic rings. The fourth-order valence-corrected chi connectivity index (χ4v) is 3.99. The van der Waals surface area contributed by atoms with Crippen LogP contribution in [0.3, 0.4) is 0 Å². The molecule has 0 aliphatic heterocycles. The van der Waals surface area contributed by atoms with Crippen LogP contribution in [-0.4, -0.2) is 41.5 Å². The molecule has 0 radical (unpaired) electrons. The van der Waals surface area contributed by atoms with Gasteiger partial charge >= 0.3 is 0 Å². The fourth-order valence-electron chi connectivity index (χ4n) is 3.99. The number of aliphatic hydroxyl groups is 1. The van der Waals surface area contributed by atoms with Gasteiger partial charge in [-0.2, -0.15) is 5.10 Å². The van der Waals surface area contributed by atoms with Crippen LogP contribution in [-0.2, 0) is 4.79 Å². The molecule has 2 N–H and O–H groups in total. The molecule has 1 aliphatic carbocycles. The van der Waals surface area contributed by atoms with E-state index in [9.17, 15) is 9.90 Å². The summed E-state index contributed by atoms with van der Waals surface area (Å²) in [6.07, 6.45) is 2.03. The molecule has 1 aromatic heterocycles. The molecule has 1 atom stereocenters. The first-order valence-electron chi connectivity index (χ1n) is 10.3. The van der Waals surface area contributed by atoms with Crippen molar-refractivity contribution in [3.05, 3.63) is 71.1 Å². The number of aryl methyl sites for hydroxylation is 1. The lowest BCUT2D eigenvalue weighted by Gasteiger charge is -2.23. The molecule has 1 unspecified atom stereocenters. The zero-order valence-corrected chi connectivity index (χ0v) is 18.3. The number of Topliss-reactive ketones (excluding diaryl/α,β-unsaturated/α-hetero) is 1. The van der Waals surface area contributed by atoms with Crippen LogP contribution in [0.2, 0.25) is 0 Å². The standard InChI is InChI=1S/C25H25N3O4/c1-15-24(16-7-5-4-6-8-16)25(28-27-15)26-14-19-20(29)11-18(12-21(19)30)17-9-10-22(31-2)23(13-17)32-3/h4-10,13-14,18,29H,11-12H2,1-3H3,(H,27,28). The van der Waals surface area contributed by atoms with Crippen LogP contribution in [0.25, 0.3) is 11.1 Å². The normalized spacial score (nSPS) is 16.6. The number of aromatic amines is 1. The monoisotopic (exact) mass is 431 g/mol. The molecule has 32 heavy (non-hydrogen) atoms. The van der Waals surface area contributed by atoms with E-state index in [-0.39, 0.29) is 29.5 Å². The number of nitrogens with one attached hydrogen (secondary N) is 1. The van der Waals surface area contributed by atoms with Crippen molar-refractivity contribution in [1.29, 1.82) is 0 Å². The highest BCUT2D eigenvalue weighted by Crippen LogP contribution is 2.38. The maximum atomic E-state index is 12.9. The first-order valence-corrected chi connectivity index (χ1v) is 10.3. The summed E-state index contributed by atoms with van der Waals surface area (Å²) in [5.41, 5.74) is 3.86. The largest absolute Gasteiger partial charge is 0.511 e. The highest BCUT2D eigenvalue weighted by Gasteiger charge is 2.28. The number of aliphatic hydroxyl groups excluding tert-OH is 1. The Morgan fingerprint density at radius 3 is 2.53 bits per heavy atom. The number of carbonyl (C=O) groups excluding carboxylic acids is 1. The van der Waals surface area contributed by atoms with Crippen molar-refractivity contribution in [2.45, 2.75) is 25.7 Å². The average Bonchev–Trinajstić information content (AvgIpc) is 3.18. The molecule has 3 aromatic rings. The van der Waals surface area contributed by atoms with E-state index in [2.05, 4.69) is 15.2 Å². The summed E-state index contributed by atoms with van der Waals surface area (Å²) in [7, 11) is 3.14. The predicted molar refractivity (Wildman–Crippen MR) is 123 cm³/mol. The number of ketones is 1. The summed E-state index contributed by atoms with van der Waals surface area (Å²) in [6.45, 7) is 1.92. The Morgan fingerprint density at radius 2 is 1.84 bits per heavy atom. The minimum atomic E-state index is -0.161. The van der Waals surface area contributed by atoms with Gasteiger partial charge in [-0.05, 0) is 36.1 Å². The van der Waals surface area contributed by atoms with Crippen LogP contribution in [0.4, 0.5) is 5.82 Å². The molecule has 0 fully saturated rings. The topological polar surface area (TPSA) is 96.8 Å². The summed E-state index contributed by atoms with van der Waals surface area (Å²) < 4.78 is 10.6. The van der Waals surface area contributed by atoms with Crippen LogP contribution in [0, 0.1) is 6.92 Å². The predicted octanol–water partition coefficient (Wildman–Crippen LogP) is 5.06. The second-order valence-corrected chi connectivity index (χ2v) is 7.67. The van der Waals surface area contributed by atoms with Crippen LogP contribution < -0.4 is 9.47 Å². The van der Waals surface area contributed by atoms with Gasteiger partial charge in [0, 0.05) is 30.3 Å². The molecule has 0 saturated carbocycles. The first kappa shape index (κ1) is 21.4. The van der Waals surface area contributed by atoms with Gasteiger partial charge in [-0.3, -0.25) is 9.89 Å². The average molecular weight is 431 g/mol. The van der Waals surface area contributed by atoms with Crippen LogP contribution in [0.15, 0.2) is 64.9 Å². The van der Waals surface area contributed by atoms with Gasteiger partial charge in [0.05, 0.1) is 19.8 Å². The lowest BCUT2D eigenvalue weighted by molar-refractivity contribution is -0.116. The maximum Gasteiger partial charge on any atom is 0.181 e. The number of nitrogens with zero attached hydrogens (tertiary/aromatic N) is 2. The molecule has 0 spiro atoms. The molecular weight excluding hydrogens is 406 g/mol. The second-order valence-electron chi connectivity index (χ2n) is 7.67. The number of aliphatic imine (C=N–C) groups is 1. The molecule has 7 heteroatoms. The third-order valence-electron chi connectivity index (χ3n) is 5.67. The Bertz CT molecular complexity index is 1200. The van der Waals surface area contributed by atoms with Crippen molar-refractivity contribution in [3.8, 4) is 22.6 Å². The number of hydrogen-bond donors (Lipinski definition) is 2. The zero-order valence-electron chi connectivity index (χ0n) is 18.3. The fraction of sp³-hybridized carbons (Fsp3) is 0.240. The number of rotatable bonds is 6. The number of aromatic nitrogens is 2. The summed E-state index contributed by atoms with van der Waals surface area (Å²) in [5, 5.41) is 17.9. The van der Waals surface area contributed by atoms with E-state index in [1.807, 2.05) is 49.4 Å². The molecule has 164 valence electrons. The Hall–Kier alpha value is -3.87.